The molecule has 0 N–H and O–H groups in total. The molecular formula is C15H17NO3. The molecule has 0 spiro atoms. The minimum absolute atomic E-state index is 0.0827. The maximum absolute atomic E-state index is 11.8. The number of carbonyl (C=O) groups excluding carboxylic acids is 2. The van der Waals surface area contributed by atoms with Crippen LogP contribution in [0.15, 0.2) is 24.3 Å². The van der Waals surface area contributed by atoms with Crippen molar-refractivity contribution in [1.82, 2.24) is 0 Å². The number of Topliss-reactive ketones (excluding diaryl/α,β-unsaturated/α-hetero) is 1. The van der Waals surface area contributed by atoms with Crippen LogP contribution in [0.3, 0.4) is 0 Å². The van der Waals surface area contributed by atoms with E-state index in [1.807, 2.05) is 13.0 Å². The molecule has 0 bridgehead atoms. The average Bonchev–Trinajstić information content (AvgIpc) is 2.45. The van der Waals surface area contributed by atoms with Crippen molar-refractivity contribution < 1.29 is 14.3 Å². The second kappa shape index (κ2) is 8.04. The van der Waals surface area contributed by atoms with E-state index < -0.39 is 0 Å². The molecule has 0 aromatic heterocycles. The van der Waals surface area contributed by atoms with Crippen molar-refractivity contribution in [3.8, 4) is 6.07 Å². The van der Waals surface area contributed by atoms with E-state index in [4.69, 9.17) is 10.00 Å². The van der Waals surface area contributed by atoms with E-state index in [1.54, 1.807) is 18.2 Å². The number of carbonyl (C=O) groups is 2. The van der Waals surface area contributed by atoms with Crippen LogP contribution in [-0.2, 0) is 9.53 Å². The van der Waals surface area contributed by atoms with Gasteiger partial charge in [0.1, 0.15) is 0 Å². The molecular weight excluding hydrogens is 242 g/mol. The van der Waals surface area contributed by atoms with Crippen molar-refractivity contribution in [2.75, 3.05) is 6.61 Å². The first kappa shape index (κ1) is 14.9. The smallest absolute Gasteiger partial charge is 0.306 e. The lowest BCUT2D eigenvalue weighted by Crippen LogP contribution is -2.09. The van der Waals surface area contributed by atoms with E-state index in [0.717, 1.165) is 12.8 Å². The van der Waals surface area contributed by atoms with Gasteiger partial charge in [0.05, 0.1) is 24.7 Å². The Morgan fingerprint density at radius 1 is 1.32 bits per heavy atom. The molecule has 0 heterocycles. The Hall–Kier alpha value is -2.15. The molecule has 0 radical (unpaired) electrons. The number of benzene rings is 1. The van der Waals surface area contributed by atoms with Gasteiger partial charge in [0.2, 0.25) is 0 Å². The molecule has 0 aliphatic rings. The van der Waals surface area contributed by atoms with Gasteiger partial charge in [-0.1, -0.05) is 25.5 Å². The Kier molecular flexibility index (Phi) is 6.31. The first-order valence-electron chi connectivity index (χ1n) is 6.36. The molecule has 19 heavy (non-hydrogen) atoms. The second-order valence-corrected chi connectivity index (χ2v) is 4.19. The third-order valence-electron chi connectivity index (χ3n) is 2.63. The Labute approximate surface area is 113 Å². The molecule has 0 amide bonds. The summed E-state index contributed by atoms with van der Waals surface area (Å²) in [6, 6.07) is 8.45. The van der Waals surface area contributed by atoms with Gasteiger partial charge in [-0.2, -0.15) is 5.26 Å². The fourth-order valence-electron chi connectivity index (χ4n) is 1.52. The molecule has 0 aliphatic carbocycles. The van der Waals surface area contributed by atoms with Crippen molar-refractivity contribution in [2.24, 2.45) is 0 Å². The maximum atomic E-state index is 11.8. The van der Waals surface area contributed by atoms with Crippen molar-refractivity contribution in [3.63, 3.8) is 0 Å². The van der Waals surface area contributed by atoms with E-state index in [0.29, 0.717) is 17.7 Å². The van der Waals surface area contributed by atoms with Crippen molar-refractivity contribution in [2.45, 2.75) is 32.6 Å². The molecule has 1 rings (SSSR count). The first-order chi connectivity index (χ1) is 9.17. The summed E-state index contributed by atoms with van der Waals surface area (Å²) in [6.45, 7) is 2.42. The van der Waals surface area contributed by atoms with Crippen LogP contribution in [0, 0.1) is 11.3 Å². The largest absolute Gasteiger partial charge is 0.466 e. The monoisotopic (exact) mass is 259 g/mol. The van der Waals surface area contributed by atoms with E-state index in [9.17, 15) is 9.59 Å². The summed E-state index contributed by atoms with van der Waals surface area (Å²) < 4.78 is 4.97. The topological polar surface area (TPSA) is 67.2 Å². The summed E-state index contributed by atoms with van der Waals surface area (Å²) in [7, 11) is 0. The predicted molar refractivity (Wildman–Crippen MR) is 70.6 cm³/mol. The van der Waals surface area contributed by atoms with E-state index in [-0.39, 0.29) is 24.6 Å². The zero-order chi connectivity index (χ0) is 14.1. The van der Waals surface area contributed by atoms with Crippen LogP contribution in [0.1, 0.15) is 48.5 Å². The highest BCUT2D eigenvalue weighted by molar-refractivity contribution is 5.97. The number of hydrogen-bond donors (Lipinski definition) is 0. The highest BCUT2D eigenvalue weighted by Gasteiger charge is 2.10. The number of rotatable bonds is 7. The van der Waals surface area contributed by atoms with Crippen LogP contribution in [0.25, 0.3) is 0 Å². The molecule has 100 valence electrons. The SMILES string of the molecule is CCCCOC(=O)CCC(=O)c1cccc(C#N)c1. The molecule has 0 aliphatic heterocycles. The second-order valence-electron chi connectivity index (χ2n) is 4.19. The highest BCUT2D eigenvalue weighted by Crippen LogP contribution is 2.09. The maximum Gasteiger partial charge on any atom is 0.306 e. The third-order valence-corrected chi connectivity index (χ3v) is 2.63. The molecule has 0 unspecified atom stereocenters. The first-order valence-corrected chi connectivity index (χ1v) is 6.36. The normalized spacial score (nSPS) is 9.68. The van der Waals surface area contributed by atoms with Gasteiger partial charge < -0.3 is 4.74 Å². The van der Waals surface area contributed by atoms with Gasteiger partial charge in [-0.3, -0.25) is 9.59 Å². The van der Waals surface area contributed by atoms with Gasteiger partial charge in [-0.05, 0) is 18.6 Å². The molecule has 0 fully saturated rings. The Bertz CT molecular complexity index is 488. The van der Waals surface area contributed by atoms with Gasteiger partial charge >= 0.3 is 5.97 Å². The number of nitrogens with zero attached hydrogens (tertiary/aromatic N) is 1. The van der Waals surface area contributed by atoms with Crippen LogP contribution in [0.5, 0.6) is 0 Å². The van der Waals surface area contributed by atoms with Crippen LogP contribution < -0.4 is 0 Å². The fourth-order valence-corrected chi connectivity index (χ4v) is 1.52. The van der Waals surface area contributed by atoms with Crippen LogP contribution >= 0.6 is 0 Å². The zero-order valence-electron chi connectivity index (χ0n) is 11.0. The number of nitriles is 1. The number of hydrogen-bond acceptors (Lipinski definition) is 4. The van der Waals surface area contributed by atoms with Gasteiger partial charge in [-0.15, -0.1) is 0 Å². The van der Waals surface area contributed by atoms with E-state index in [1.165, 1.54) is 6.07 Å². The van der Waals surface area contributed by atoms with Crippen molar-refractivity contribution in [1.29, 1.82) is 5.26 Å². The zero-order valence-corrected chi connectivity index (χ0v) is 11.0. The summed E-state index contributed by atoms with van der Waals surface area (Å²) >= 11 is 0. The number of ether oxygens (including phenoxy) is 1. The van der Waals surface area contributed by atoms with E-state index >= 15 is 0 Å². The van der Waals surface area contributed by atoms with Crippen molar-refractivity contribution in [3.05, 3.63) is 35.4 Å². The molecule has 0 atom stereocenters. The molecule has 1 aromatic carbocycles. The Morgan fingerprint density at radius 3 is 2.79 bits per heavy atom. The van der Waals surface area contributed by atoms with Crippen molar-refractivity contribution >= 4 is 11.8 Å². The standard InChI is InChI=1S/C15H17NO3/c1-2-3-9-19-15(18)8-7-14(17)13-6-4-5-12(10-13)11-16/h4-6,10H,2-3,7-9H2,1H3. The van der Waals surface area contributed by atoms with E-state index in [2.05, 4.69) is 0 Å². The number of esters is 1. The quantitative estimate of drug-likeness (QED) is 0.429. The van der Waals surface area contributed by atoms with Gasteiger partial charge in [0.15, 0.2) is 5.78 Å². The molecule has 0 saturated heterocycles. The van der Waals surface area contributed by atoms with Crippen LogP contribution in [0.2, 0.25) is 0 Å². The molecule has 4 heteroatoms. The lowest BCUT2D eigenvalue weighted by atomic mass is 10.0. The van der Waals surface area contributed by atoms with Crippen LogP contribution in [-0.4, -0.2) is 18.4 Å². The highest BCUT2D eigenvalue weighted by atomic mass is 16.5. The summed E-state index contributed by atoms with van der Waals surface area (Å²) in [6.07, 6.45) is 2.00. The fraction of sp³-hybridized carbons (Fsp3) is 0.400. The van der Waals surface area contributed by atoms with Gasteiger partial charge in [-0.25, -0.2) is 0 Å². The molecule has 4 nitrogen and oxygen atoms in total. The molecule has 0 saturated carbocycles. The predicted octanol–water partition coefficient (Wildman–Crippen LogP) is 2.86. The summed E-state index contributed by atoms with van der Waals surface area (Å²) in [4.78, 5) is 23.2. The van der Waals surface area contributed by atoms with Gasteiger partial charge in [0, 0.05) is 12.0 Å². The number of ketones is 1. The Morgan fingerprint density at radius 2 is 2.11 bits per heavy atom. The Balaban J connectivity index is 2.42. The average molecular weight is 259 g/mol. The minimum Gasteiger partial charge on any atom is -0.466 e. The summed E-state index contributed by atoms with van der Waals surface area (Å²) in [5.41, 5.74) is 0.900. The molecule has 1 aromatic rings. The third kappa shape index (κ3) is 5.35. The lowest BCUT2D eigenvalue weighted by Gasteiger charge is -2.04. The minimum atomic E-state index is -0.349. The van der Waals surface area contributed by atoms with Gasteiger partial charge in [0.25, 0.3) is 0 Å². The summed E-state index contributed by atoms with van der Waals surface area (Å²) in [5.74, 6) is -0.497. The number of unbranched alkanes of at least 4 members (excludes halogenated alkanes) is 1. The van der Waals surface area contributed by atoms with Crippen LogP contribution in [0.4, 0.5) is 0 Å². The summed E-state index contributed by atoms with van der Waals surface area (Å²) in [5, 5.41) is 8.75. The lowest BCUT2D eigenvalue weighted by molar-refractivity contribution is -0.143.